The Balaban J connectivity index is 2.44. The summed E-state index contributed by atoms with van der Waals surface area (Å²) in [5.74, 6) is 0. The number of nitrogens with zero attached hydrogens (tertiary/aromatic N) is 2. The number of hydrogen-bond donors (Lipinski definition) is 1. The quantitative estimate of drug-likeness (QED) is 0.604. The molecule has 0 bridgehead atoms. The minimum Gasteiger partial charge on any atom is -0.363 e. The summed E-state index contributed by atoms with van der Waals surface area (Å²) in [7, 11) is 1.85. The number of thioether (sulfide) groups is 2. The Morgan fingerprint density at radius 3 is 2.91 bits per heavy atom. The van der Waals surface area contributed by atoms with Crippen molar-refractivity contribution in [3.63, 3.8) is 0 Å². The SMILES string of the molecule is CNc1nnc(SCSC)s1. The Morgan fingerprint density at radius 2 is 2.36 bits per heavy atom. The summed E-state index contributed by atoms with van der Waals surface area (Å²) in [6.45, 7) is 0. The van der Waals surface area contributed by atoms with E-state index in [2.05, 4.69) is 21.8 Å². The van der Waals surface area contributed by atoms with E-state index in [-0.39, 0.29) is 0 Å². The molecule has 0 fully saturated rings. The van der Waals surface area contributed by atoms with Crippen LogP contribution in [0.4, 0.5) is 5.13 Å². The average Bonchev–Trinajstić information content (AvgIpc) is 2.48. The van der Waals surface area contributed by atoms with Gasteiger partial charge < -0.3 is 5.32 Å². The second kappa shape index (κ2) is 4.84. The molecule has 0 atom stereocenters. The molecule has 0 aliphatic carbocycles. The third-order valence-corrected chi connectivity index (χ3v) is 4.00. The molecule has 0 saturated heterocycles. The van der Waals surface area contributed by atoms with Gasteiger partial charge in [-0.2, -0.15) is 11.8 Å². The fourth-order valence-electron chi connectivity index (χ4n) is 0.478. The van der Waals surface area contributed by atoms with E-state index < -0.39 is 0 Å². The minimum absolute atomic E-state index is 0.883. The fourth-order valence-corrected chi connectivity index (χ4v) is 2.79. The van der Waals surface area contributed by atoms with E-state index in [1.165, 1.54) is 0 Å². The molecule has 3 nitrogen and oxygen atoms in total. The van der Waals surface area contributed by atoms with Gasteiger partial charge in [-0.3, -0.25) is 0 Å². The van der Waals surface area contributed by atoms with Crippen LogP contribution in [0.25, 0.3) is 0 Å². The second-order valence-electron chi connectivity index (χ2n) is 1.67. The normalized spacial score (nSPS) is 10.0. The van der Waals surface area contributed by atoms with Crippen LogP contribution in [0.1, 0.15) is 0 Å². The molecule has 1 aromatic heterocycles. The molecule has 0 aliphatic rings. The van der Waals surface area contributed by atoms with Gasteiger partial charge >= 0.3 is 0 Å². The van der Waals surface area contributed by atoms with Crippen LogP contribution in [0.5, 0.6) is 0 Å². The van der Waals surface area contributed by atoms with Gasteiger partial charge in [-0.25, -0.2) is 0 Å². The average molecular weight is 207 g/mol. The van der Waals surface area contributed by atoms with E-state index in [1.807, 2.05) is 7.05 Å². The van der Waals surface area contributed by atoms with Crippen molar-refractivity contribution in [3.05, 3.63) is 0 Å². The van der Waals surface area contributed by atoms with Crippen molar-refractivity contribution in [1.29, 1.82) is 0 Å². The highest BCUT2D eigenvalue weighted by molar-refractivity contribution is 8.16. The maximum absolute atomic E-state index is 3.98. The molecule has 0 spiro atoms. The van der Waals surface area contributed by atoms with Crippen LogP contribution in [0.2, 0.25) is 0 Å². The molecule has 0 unspecified atom stereocenters. The summed E-state index contributed by atoms with van der Waals surface area (Å²) in [5.41, 5.74) is 0. The summed E-state index contributed by atoms with van der Waals surface area (Å²) in [6, 6.07) is 0. The predicted molar refractivity (Wildman–Crippen MR) is 53.7 cm³/mol. The van der Waals surface area contributed by atoms with E-state index in [0.717, 1.165) is 14.6 Å². The highest BCUT2D eigenvalue weighted by atomic mass is 32.2. The van der Waals surface area contributed by atoms with E-state index >= 15 is 0 Å². The Kier molecular flexibility index (Phi) is 4.03. The standard InChI is InChI=1S/C5H9N3S3/c1-6-4-7-8-5(11-4)10-3-9-2/h3H2,1-2H3,(H,6,7). The molecule has 6 heteroatoms. The van der Waals surface area contributed by atoms with Gasteiger partial charge in [0, 0.05) is 12.1 Å². The van der Waals surface area contributed by atoms with Crippen LogP contribution >= 0.6 is 34.9 Å². The number of nitrogens with one attached hydrogen (secondary N) is 1. The third kappa shape index (κ3) is 2.88. The lowest BCUT2D eigenvalue weighted by Gasteiger charge is -1.88. The van der Waals surface area contributed by atoms with E-state index in [9.17, 15) is 0 Å². The van der Waals surface area contributed by atoms with Crippen LogP contribution in [-0.4, -0.2) is 28.6 Å². The Hall–Kier alpha value is 0.0600. The lowest BCUT2D eigenvalue weighted by atomic mass is 11.1. The van der Waals surface area contributed by atoms with Crippen LogP contribution in [-0.2, 0) is 0 Å². The molecule has 0 aliphatic heterocycles. The molecule has 0 radical (unpaired) electrons. The van der Waals surface area contributed by atoms with E-state index in [1.54, 1.807) is 34.9 Å². The Labute approximate surface area is 78.4 Å². The van der Waals surface area contributed by atoms with E-state index in [4.69, 9.17) is 0 Å². The van der Waals surface area contributed by atoms with Crippen molar-refractivity contribution >= 4 is 40.0 Å². The molecule has 1 aromatic rings. The zero-order chi connectivity index (χ0) is 8.10. The zero-order valence-corrected chi connectivity index (χ0v) is 8.78. The molecule has 1 rings (SSSR count). The highest BCUT2D eigenvalue weighted by Crippen LogP contribution is 2.26. The Morgan fingerprint density at radius 1 is 1.55 bits per heavy atom. The number of anilines is 1. The van der Waals surface area contributed by atoms with Crippen molar-refractivity contribution in [2.24, 2.45) is 0 Å². The summed E-state index contributed by atoms with van der Waals surface area (Å²) in [6.07, 6.45) is 2.08. The van der Waals surface area contributed by atoms with Crippen molar-refractivity contribution < 1.29 is 0 Å². The topological polar surface area (TPSA) is 37.8 Å². The van der Waals surface area contributed by atoms with Crippen molar-refractivity contribution in [2.75, 3.05) is 23.7 Å². The molecular weight excluding hydrogens is 198 g/mol. The smallest absolute Gasteiger partial charge is 0.206 e. The minimum atomic E-state index is 0.883. The summed E-state index contributed by atoms with van der Waals surface area (Å²) >= 11 is 5.11. The second-order valence-corrected chi connectivity index (χ2v) is 5.11. The molecule has 0 amide bonds. The summed E-state index contributed by atoms with van der Waals surface area (Å²) < 4.78 is 1.03. The number of rotatable bonds is 4. The summed E-state index contributed by atoms with van der Waals surface area (Å²) in [4.78, 5) is 0. The third-order valence-electron chi connectivity index (χ3n) is 0.921. The monoisotopic (exact) mass is 207 g/mol. The lowest BCUT2D eigenvalue weighted by Crippen LogP contribution is -1.84. The first-order valence-electron chi connectivity index (χ1n) is 3.00. The zero-order valence-electron chi connectivity index (χ0n) is 6.33. The largest absolute Gasteiger partial charge is 0.363 e. The molecule has 11 heavy (non-hydrogen) atoms. The predicted octanol–water partition coefficient (Wildman–Crippen LogP) is 1.99. The van der Waals surface area contributed by atoms with Crippen LogP contribution in [0.15, 0.2) is 4.34 Å². The van der Waals surface area contributed by atoms with Gasteiger partial charge in [0.25, 0.3) is 0 Å². The first-order valence-corrected chi connectivity index (χ1v) is 6.19. The highest BCUT2D eigenvalue weighted by Gasteiger charge is 2.00. The summed E-state index contributed by atoms with van der Waals surface area (Å²) in [5, 5.41) is 12.8. The molecule has 62 valence electrons. The number of hydrogen-bond acceptors (Lipinski definition) is 6. The molecule has 0 aromatic carbocycles. The van der Waals surface area contributed by atoms with Crippen molar-refractivity contribution in [2.45, 2.75) is 4.34 Å². The number of aromatic nitrogens is 2. The van der Waals surface area contributed by atoms with Crippen molar-refractivity contribution in [1.82, 2.24) is 10.2 Å². The van der Waals surface area contributed by atoms with Crippen LogP contribution in [0, 0.1) is 0 Å². The van der Waals surface area contributed by atoms with E-state index in [0.29, 0.717) is 0 Å². The van der Waals surface area contributed by atoms with Gasteiger partial charge in [0.2, 0.25) is 5.13 Å². The molecule has 1 heterocycles. The lowest BCUT2D eigenvalue weighted by molar-refractivity contribution is 1.01. The van der Waals surface area contributed by atoms with Gasteiger partial charge in [-0.1, -0.05) is 23.1 Å². The van der Waals surface area contributed by atoms with Gasteiger partial charge in [0.15, 0.2) is 4.34 Å². The molecular formula is C5H9N3S3. The Bertz CT molecular complexity index is 212. The van der Waals surface area contributed by atoms with Crippen LogP contribution < -0.4 is 5.32 Å². The van der Waals surface area contributed by atoms with Gasteiger partial charge in [-0.15, -0.1) is 10.2 Å². The van der Waals surface area contributed by atoms with Gasteiger partial charge in [-0.05, 0) is 6.26 Å². The van der Waals surface area contributed by atoms with Gasteiger partial charge in [0.05, 0.1) is 0 Å². The fraction of sp³-hybridized carbons (Fsp3) is 0.600. The first-order chi connectivity index (χ1) is 5.36. The molecule has 1 N–H and O–H groups in total. The van der Waals surface area contributed by atoms with Gasteiger partial charge in [0.1, 0.15) is 0 Å². The maximum Gasteiger partial charge on any atom is 0.206 e. The first kappa shape index (κ1) is 9.15. The van der Waals surface area contributed by atoms with Crippen LogP contribution in [0.3, 0.4) is 0 Å². The molecule has 0 saturated carbocycles. The van der Waals surface area contributed by atoms with Crippen molar-refractivity contribution in [3.8, 4) is 0 Å². The maximum atomic E-state index is 3.98.